The van der Waals surface area contributed by atoms with E-state index in [9.17, 15) is 4.79 Å². The third-order valence-electron chi connectivity index (χ3n) is 5.00. The summed E-state index contributed by atoms with van der Waals surface area (Å²) in [7, 11) is 4.07. The van der Waals surface area contributed by atoms with Crippen LogP contribution >= 0.6 is 0 Å². The van der Waals surface area contributed by atoms with E-state index in [2.05, 4.69) is 41.2 Å². The normalized spacial score (nSPS) is 16.5. The van der Waals surface area contributed by atoms with E-state index in [1.807, 2.05) is 56.3 Å². The van der Waals surface area contributed by atoms with Crippen molar-refractivity contribution in [3.63, 3.8) is 0 Å². The molecule has 2 aromatic rings. The summed E-state index contributed by atoms with van der Waals surface area (Å²) in [5.74, 6) is 0. The third-order valence-corrected chi connectivity index (χ3v) is 5.00. The number of carbonyl (C=O) groups excluding carboxylic acids is 1. The van der Waals surface area contributed by atoms with Crippen molar-refractivity contribution in [3.8, 4) is 0 Å². The quantitative estimate of drug-likeness (QED) is 0.916. The van der Waals surface area contributed by atoms with Crippen molar-refractivity contribution in [1.82, 2.24) is 15.2 Å². The second-order valence-electron chi connectivity index (χ2n) is 7.87. The van der Waals surface area contributed by atoms with Crippen molar-refractivity contribution in [2.75, 3.05) is 32.1 Å². The van der Waals surface area contributed by atoms with E-state index in [4.69, 9.17) is 0 Å². The van der Waals surface area contributed by atoms with Crippen LogP contribution < -0.4 is 10.2 Å². The van der Waals surface area contributed by atoms with Crippen LogP contribution in [0.25, 0.3) is 0 Å². The summed E-state index contributed by atoms with van der Waals surface area (Å²) in [6.07, 6.45) is 0. The molecule has 1 N–H and O–H groups in total. The Hall–Kier alpha value is -2.40. The zero-order valence-electron chi connectivity index (χ0n) is 16.3. The second kappa shape index (κ2) is 7.08. The van der Waals surface area contributed by atoms with E-state index in [0.29, 0.717) is 13.1 Å². The van der Waals surface area contributed by atoms with Gasteiger partial charge in [0.05, 0.1) is 17.4 Å². The molecule has 1 unspecified atom stereocenters. The van der Waals surface area contributed by atoms with Crippen molar-refractivity contribution in [1.29, 1.82) is 0 Å². The van der Waals surface area contributed by atoms with Crippen LogP contribution in [0, 0.1) is 6.92 Å². The fraction of sp³-hybridized carbons (Fsp3) is 0.429. The maximum atomic E-state index is 12.9. The van der Waals surface area contributed by atoms with Crippen LogP contribution in [0.2, 0.25) is 0 Å². The number of pyridine rings is 1. The number of nitrogens with one attached hydrogen (secondary N) is 1. The van der Waals surface area contributed by atoms with E-state index in [0.717, 1.165) is 17.1 Å². The number of carbonyl (C=O) groups is 1. The number of anilines is 1. The van der Waals surface area contributed by atoms with Crippen LogP contribution in [0.4, 0.5) is 10.5 Å². The molecule has 1 aliphatic heterocycles. The zero-order chi connectivity index (χ0) is 18.9. The van der Waals surface area contributed by atoms with Gasteiger partial charge < -0.3 is 10.2 Å². The molecule has 5 nitrogen and oxygen atoms in total. The van der Waals surface area contributed by atoms with Crippen molar-refractivity contribution in [2.24, 2.45) is 0 Å². The van der Waals surface area contributed by atoms with E-state index >= 15 is 0 Å². The molecule has 1 aliphatic rings. The minimum Gasteiger partial charge on any atom is -0.336 e. The maximum absolute atomic E-state index is 12.9. The predicted octanol–water partition coefficient (Wildman–Crippen LogP) is 3.50. The molecular formula is C21H28N4O. The molecule has 0 radical (unpaired) electrons. The molecule has 0 saturated heterocycles. The van der Waals surface area contributed by atoms with Gasteiger partial charge in [0, 0.05) is 24.2 Å². The summed E-state index contributed by atoms with van der Waals surface area (Å²) >= 11 is 0. The van der Waals surface area contributed by atoms with Crippen molar-refractivity contribution in [2.45, 2.75) is 32.2 Å². The Kier molecular flexibility index (Phi) is 5.01. The van der Waals surface area contributed by atoms with Crippen LogP contribution in [0.1, 0.15) is 36.8 Å². The summed E-state index contributed by atoms with van der Waals surface area (Å²) in [6.45, 7) is 7.46. The van der Waals surface area contributed by atoms with Crippen LogP contribution in [0.5, 0.6) is 0 Å². The number of likely N-dealkylation sites (N-methyl/N-ethyl adjacent to an activating group) is 1. The Labute approximate surface area is 156 Å². The van der Waals surface area contributed by atoms with Gasteiger partial charge in [0.15, 0.2) is 0 Å². The first-order chi connectivity index (χ1) is 12.3. The Morgan fingerprint density at radius 2 is 1.92 bits per heavy atom. The number of rotatable bonds is 4. The van der Waals surface area contributed by atoms with Crippen molar-refractivity contribution < 1.29 is 4.79 Å². The molecule has 5 heteroatoms. The van der Waals surface area contributed by atoms with Gasteiger partial charge in [-0.25, -0.2) is 4.79 Å². The molecule has 0 saturated carbocycles. The molecule has 1 aromatic heterocycles. The molecule has 0 aliphatic carbocycles. The summed E-state index contributed by atoms with van der Waals surface area (Å²) in [5.41, 5.74) is 3.95. The predicted molar refractivity (Wildman–Crippen MR) is 106 cm³/mol. The first kappa shape index (κ1) is 18.4. The highest BCUT2D eigenvalue weighted by molar-refractivity contribution is 5.94. The first-order valence-electron chi connectivity index (χ1n) is 9.04. The standard InChI is InChI=1S/C21H28N4O/c1-15-11-12-17-19(23-15)21(2,3)14-25(17)20(26)22-13-18(24(4)5)16-9-7-6-8-10-16/h6-12,18H,13-14H2,1-5H3,(H,22,26). The third kappa shape index (κ3) is 3.58. The highest BCUT2D eigenvalue weighted by Gasteiger charge is 2.39. The summed E-state index contributed by atoms with van der Waals surface area (Å²) < 4.78 is 0. The van der Waals surface area contributed by atoms with E-state index < -0.39 is 0 Å². The number of fused-ring (bicyclic) bond motifs is 1. The summed E-state index contributed by atoms with van der Waals surface area (Å²) in [4.78, 5) is 21.5. The van der Waals surface area contributed by atoms with Gasteiger partial charge in [-0.2, -0.15) is 0 Å². The highest BCUT2D eigenvalue weighted by Crippen LogP contribution is 2.39. The average Bonchev–Trinajstić information content (AvgIpc) is 2.86. The molecular weight excluding hydrogens is 324 g/mol. The Bertz CT molecular complexity index is 786. The molecule has 1 aromatic carbocycles. The van der Waals surface area contributed by atoms with Crippen LogP contribution in [-0.4, -0.2) is 43.1 Å². The number of hydrogen-bond donors (Lipinski definition) is 1. The van der Waals surface area contributed by atoms with Gasteiger partial charge in [0.1, 0.15) is 0 Å². The lowest BCUT2D eigenvalue weighted by molar-refractivity contribution is 0.237. The maximum Gasteiger partial charge on any atom is 0.322 e. The second-order valence-corrected chi connectivity index (χ2v) is 7.87. The SMILES string of the molecule is Cc1ccc2c(n1)C(C)(C)CN2C(=O)NCC(c1ccccc1)N(C)C. The lowest BCUT2D eigenvalue weighted by Gasteiger charge is -2.27. The van der Waals surface area contributed by atoms with Crippen LogP contribution in [0.3, 0.4) is 0 Å². The highest BCUT2D eigenvalue weighted by atomic mass is 16.2. The Morgan fingerprint density at radius 3 is 2.58 bits per heavy atom. The van der Waals surface area contributed by atoms with E-state index in [1.165, 1.54) is 5.56 Å². The first-order valence-corrected chi connectivity index (χ1v) is 9.04. The number of benzene rings is 1. The molecule has 0 spiro atoms. The lowest BCUT2D eigenvalue weighted by Crippen LogP contribution is -2.44. The molecule has 138 valence electrons. The largest absolute Gasteiger partial charge is 0.336 e. The Balaban J connectivity index is 1.75. The van der Waals surface area contributed by atoms with Crippen molar-refractivity contribution >= 4 is 11.7 Å². The topological polar surface area (TPSA) is 48.5 Å². The van der Waals surface area contributed by atoms with E-state index in [-0.39, 0.29) is 17.5 Å². The fourth-order valence-corrected chi connectivity index (χ4v) is 3.55. The summed E-state index contributed by atoms with van der Waals surface area (Å²) in [6, 6.07) is 14.3. The van der Waals surface area contributed by atoms with Gasteiger partial charge >= 0.3 is 6.03 Å². The number of urea groups is 1. The van der Waals surface area contributed by atoms with Crippen LogP contribution in [0.15, 0.2) is 42.5 Å². The number of amides is 2. The Morgan fingerprint density at radius 1 is 1.23 bits per heavy atom. The smallest absolute Gasteiger partial charge is 0.322 e. The molecule has 2 amide bonds. The van der Waals surface area contributed by atoms with Gasteiger partial charge in [-0.3, -0.25) is 9.88 Å². The zero-order valence-corrected chi connectivity index (χ0v) is 16.3. The molecule has 1 atom stereocenters. The van der Waals surface area contributed by atoms with Gasteiger partial charge in [-0.15, -0.1) is 0 Å². The molecule has 0 fully saturated rings. The summed E-state index contributed by atoms with van der Waals surface area (Å²) in [5, 5.41) is 3.12. The number of aryl methyl sites for hydroxylation is 1. The fourth-order valence-electron chi connectivity index (χ4n) is 3.55. The van der Waals surface area contributed by atoms with Gasteiger partial charge in [-0.05, 0) is 38.7 Å². The van der Waals surface area contributed by atoms with Crippen LogP contribution in [-0.2, 0) is 5.41 Å². The van der Waals surface area contributed by atoms with Gasteiger partial charge in [0.25, 0.3) is 0 Å². The number of hydrogen-bond acceptors (Lipinski definition) is 3. The van der Waals surface area contributed by atoms with Gasteiger partial charge in [0.2, 0.25) is 0 Å². The average molecular weight is 352 g/mol. The number of nitrogens with zero attached hydrogens (tertiary/aromatic N) is 3. The minimum atomic E-state index is -0.140. The monoisotopic (exact) mass is 352 g/mol. The lowest BCUT2D eigenvalue weighted by atomic mass is 9.91. The van der Waals surface area contributed by atoms with Crippen molar-refractivity contribution in [3.05, 3.63) is 59.4 Å². The molecule has 3 rings (SSSR count). The molecule has 26 heavy (non-hydrogen) atoms. The van der Waals surface area contributed by atoms with E-state index in [1.54, 1.807) is 0 Å². The molecule has 0 bridgehead atoms. The van der Waals surface area contributed by atoms with Gasteiger partial charge in [-0.1, -0.05) is 44.2 Å². The minimum absolute atomic E-state index is 0.0646. The molecule has 2 heterocycles. The number of aromatic nitrogens is 1.